The number of thioether (sulfide) groups is 1. The molecule has 5 heteroatoms. The molecule has 1 saturated heterocycles. The summed E-state index contributed by atoms with van der Waals surface area (Å²) >= 11 is 3.20. The Morgan fingerprint density at radius 3 is 3.19 bits per heavy atom. The van der Waals surface area contributed by atoms with E-state index >= 15 is 0 Å². The van der Waals surface area contributed by atoms with Gasteiger partial charge in [0.05, 0.1) is 15.2 Å². The molecule has 0 saturated carbocycles. The lowest BCUT2D eigenvalue weighted by Gasteiger charge is -2.09. The fourth-order valence-corrected chi connectivity index (χ4v) is 3.11. The van der Waals surface area contributed by atoms with Gasteiger partial charge in [0.2, 0.25) is 0 Å². The van der Waals surface area contributed by atoms with Crippen LogP contribution in [-0.4, -0.2) is 31.4 Å². The van der Waals surface area contributed by atoms with Gasteiger partial charge < -0.3 is 10.1 Å². The summed E-state index contributed by atoms with van der Waals surface area (Å²) in [6.45, 7) is 1.46. The van der Waals surface area contributed by atoms with E-state index < -0.39 is 0 Å². The molecule has 16 heavy (non-hydrogen) atoms. The van der Waals surface area contributed by atoms with Crippen LogP contribution in [0.3, 0.4) is 0 Å². The van der Waals surface area contributed by atoms with Crippen LogP contribution in [0, 0.1) is 0 Å². The van der Waals surface area contributed by atoms with Gasteiger partial charge in [0.1, 0.15) is 0 Å². The molecular formula is C11H15NO2S2. The van der Waals surface area contributed by atoms with E-state index in [1.807, 2.05) is 18.4 Å². The maximum Gasteiger partial charge on any atom is 0.261 e. The van der Waals surface area contributed by atoms with Crippen LogP contribution in [0.2, 0.25) is 0 Å². The molecule has 2 heterocycles. The fraction of sp³-hybridized carbons (Fsp3) is 0.545. The highest BCUT2D eigenvalue weighted by Gasteiger charge is 2.17. The SMILES string of the molecule is CSc1ccc(C(=O)NCC2CCCO2)s1. The molecule has 1 aromatic rings. The van der Waals surface area contributed by atoms with Crippen LogP contribution >= 0.6 is 23.1 Å². The molecule has 88 valence electrons. The quantitative estimate of drug-likeness (QED) is 0.842. The Kier molecular flexibility index (Phi) is 4.26. The monoisotopic (exact) mass is 257 g/mol. The largest absolute Gasteiger partial charge is 0.376 e. The minimum atomic E-state index is 0.0146. The predicted octanol–water partition coefficient (Wildman–Crippen LogP) is 2.38. The number of thiophene rings is 1. The first-order valence-electron chi connectivity index (χ1n) is 5.33. The van der Waals surface area contributed by atoms with Crippen LogP contribution in [0.5, 0.6) is 0 Å². The van der Waals surface area contributed by atoms with Crippen molar-refractivity contribution in [2.75, 3.05) is 19.4 Å². The molecule has 1 fully saturated rings. The second kappa shape index (κ2) is 5.70. The van der Waals surface area contributed by atoms with Gasteiger partial charge >= 0.3 is 0 Å². The molecule has 1 aliphatic heterocycles. The molecule has 1 aliphatic rings. The number of carbonyl (C=O) groups excluding carboxylic acids is 1. The van der Waals surface area contributed by atoms with E-state index in [9.17, 15) is 4.79 Å². The Bertz CT molecular complexity index is 359. The molecule has 1 aromatic heterocycles. The van der Waals surface area contributed by atoms with Crippen LogP contribution in [0.25, 0.3) is 0 Å². The third-order valence-corrected chi connectivity index (χ3v) is 4.69. The standard InChI is InChI=1S/C11H15NO2S2/c1-15-10-5-4-9(16-10)11(13)12-7-8-3-2-6-14-8/h4-5,8H,2-3,6-7H2,1H3,(H,12,13). The highest BCUT2D eigenvalue weighted by Crippen LogP contribution is 2.25. The molecule has 0 aliphatic carbocycles. The second-order valence-corrected chi connectivity index (χ2v) is 5.86. The topological polar surface area (TPSA) is 38.3 Å². The Hall–Kier alpha value is -0.520. The van der Waals surface area contributed by atoms with Crippen molar-refractivity contribution in [3.8, 4) is 0 Å². The van der Waals surface area contributed by atoms with Gasteiger partial charge in [0.25, 0.3) is 5.91 Å². The zero-order valence-corrected chi connectivity index (χ0v) is 10.8. The van der Waals surface area contributed by atoms with Crippen molar-refractivity contribution in [2.24, 2.45) is 0 Å². The summed E-state index contributed by atoms with van der Waals surface area (Å²) in [5.41, 5.74) is 0. The smallest absolute Gasteiger partial charge is 0.261 e. The summed E-state index contributed by atoms with van der Waals surface area (Å²) in [6, 6.07) is 3.86. The number of amides is 1. The maximum absolute atomic E-state index is 11.8. The first kappa shape index (κ1) is 12.0. The molecule has 1 atom stereocenters. The Balaban J connectivity index is 1.82. The minimum Gasteiger partial charge on any atom is -0.376 e. The van der Waals surface area contributed by atoms with Gasteiger partial charge in [-0.2, -0.15) is 0 Å². The normalized spacial score (nSPS) is 19.9. The van der Waals surface area contributed by atoms with Gasteiger partial charge in [-0.1, -0.05) is 0 Å². The molecule has 0 spiro atoms. The lowest BCUT2D eigenvalue weighted by atomic mass is 10.2. The highest BCUT2D eigenvalue weighted by molar-refractivity contribution is 8.00. The average Bonchev–Trinajstić information content (AvgIpc) is 2.96. The zero-order chi connectivity index (χ0) is 11.4. The van der Waals surface area contributed by atoms with E-state index in [-0.39, 0.29) is 12.0 Å². The van der Waals surface area contributed by atoms with Gasteiger partial charge in [-0.15, -0.1) is 23.1 Å². The van der Waals surface area contributed by atoms with Crippen LogP contribution in [0.15, 0.2) is 16.3 Å². The molecule has 1 unspecified atom stereocenters. The Labute approximate surface area is 104 Å². The summed E-state index contributed by atoms with van der Waals surface area (Å²) in [7, 11) is 0. The predicted molar refractivity (Wildman–Crippen MR) is 67.4 cm³/mol. The number of hydrogen-bond donors (Lipinski definition) is 1. The van der Waals surface area contributed by atoms with Gasteiger partial charge in [0.15, 0.2) is 0 Å². The molecule has 0 bridgehead atoms. The third-order valence-electron chi connectivity index (χ3n) is 2.52. The van der Waals surface area contributed by atoms with Crippen molar-refractivity contribution in [3.05, 3.63) is 17.0 Å². The zero-order valence-electron chi connectivity index (χ0n) is 9.19. The van der Waals surface area contributed by atoms with Crippen LogP contribution < -0.4 is 5.32 Å². The fourth-order valence-electron chi connectivity index (χ4n) is 1.65. The van der Waals surface area contributed by atoms with E-state index in [2.05, 4.69) is 5.32 Å². The molecule has 1 N–H and O–H groups in total. The maximum atomic E-state index is 11.8. The molecular weight excluding hydrogens is 242 g/mol. The summed E-state index contributed by atoms with van der Waals surface area (Å²) in [4.78, 5) is 12.5. The minimum absolute atomic E-state index is 0.0146. The van der Waals surface area contributed by atoms with E-state index in [0.717, 1.165) is 24.3 Å². The number of ether oxygens (including phenoxy) is 1. The number of rotatable bonds is 4. The third kappa shape index (κ3) is 2.99. The van der Waals surface area contributed by atoms with E-state index in [4.69, 9.17) is 4.74 Å². The Morgan fingerprint density at radius 2 is 2.56 bits per heavy atom. The Morgan fingerprint density at radius 1 is 1.69 bits per heavy atom. The number of hydrogen-bond acceptors (Lipinski definition) is 4. The molecule has 1 amide bonds. The summed E-state index contributed by atoms with van der Waals surface area (Å²) < 4.78 is 6.62. The summed E-state index contributed by atoms with van der Waals surface area (Å²) in [5, 5.41) is 2.92. The molecule has 0 radical (unpaired) electrons. The van der Waals surface area contributed by atoms with Crippen LogP contribution in [-0.2, 0) is 4.74 Å². The van der Waals surface area contributed by atoms with Crippen molar-refractivity contribution >= 4 is 29.0 Å². The second-order valence-electron chi connectivity index (χ2n) is 3.67. The van der Waals surface area contributed by atoms with Crippen molar-refractivity contribution in [2.45, 2.75) is 23.2 Å². The van der Waals surface area contributed by atoms with Gasteiger partial charge in [0, 0.05) is 13.2 Å². The van der Waals surface area contributed by atoms with Gasteiger partial charge in [-0.25, -0.2) is 0 Å². The first-order valence-corrected chi connectivity index (χ1v) is 7.37. The van der Waals surface area contributed by atoms with Crippen molar-refractivity contribution in [1.29, 1.82) is 0 Å². The number of nitrogens with one attached hydrogen (secondary N) is 1. The van der Waals surface area contributed by atoms with Crippen molar-refractivity contribution < 1.29 is 9.53 Å². The number of carbonyl (C=O) groups is 1. The van der Waals surface area contributed by atoms with Crippen molar-refractivity contribution in [3.63, 3.8) is 0 Å². The molecule has 0 aromatic carbocycles. The molecule has 3 nitrogen and oxygen atoms in total. The summed E-state index contributed by atoms with van der Waals surface area (Å²) in [6.07, 6.45) is 4.39. The van der Waals surface area contributed by atoms with Crippen LogP contribution in [0.1, 0.15) is 22.5 Å². The van der Waals surface area contributed by atoms with Gasteiger partial charge in [-0.05, 0) is 31.2 Å². The first-order chi connectivity index (χ1) is 7.79. The van der Waals surface area contributed by atoms with Gasteiger partial charge in [-0.3, -0.25) is 4.79 Å². The average molecular weight is 257 g/mol. The lowest BCUT2D eigenvalue weighted by molar-refractivity contribution is 0.0861. The van der Waals surface area contributed by atoms with Crippen molar-refractivity contribution in [1.82, 2.24) is 5.32 Å². The summed E-state index contributed by atoms with van der Waals surface area (Å²) in [5.74, 6) is 0.0146. The lowest BCUT2D eigenvalue weighted by Crippen LogP contribution is -2.31. The van der Waals surface area contributed by atoms with E-state index in [0.29, 0.717) is 6.54 Å². The van der Waals surface area contributed by atoms with E-state index in [1.54, 1.807) is 11.8 Å². The highest BCUT2D eigenvalue weighted by atomic mass is 32.2. The van der Waals surface area contributed by atoms with Crippen LogP contribution in [0.4, 0.5) is 0 Å². The molecule has 2 rings (SSSR count). The van der Waals surface area contributed by atoms with E-state index in [1.165, 1.54) is 15.5 Å².